The van der Waals surface area contributed by atoms with Crippen LogP contribution in [0.3, 0.4) is 0 Å². The van der Waals surface area contributed by atoms with E-state index in [4.69, 9.17) is 27.9 Å². The summed E-state index contributed by atoms with van der Waals surface area (Å²) >= 11 is 12.3. The molecule has 0 unspecified atom stereocenters. The van der Waals surface area contributed by atoms with Crippen molar-refractivity contribution in [2.75, 3.05) is 5.32 Å². The van der Waals surface area contributed by atoms with Gasteiger partial charge in [-0.3, -0.25) is 4.79 Å². The van der Waals surface area contributed by atoms with Gasteiger partial charge in [-0.2, -0.15) is 5.26 Å². The zero-order valence-electron chi connectivity index (χ0n) is 15.9. The lowest BCUT2D eigenvalue weighted by Crippen LogP contribution is -2.13. The van der Waals surface area contributed by atoms with Gasteiger partial charge in [0.2, 0.25) is 0 Å². The van der Waals surface area contributed by atoms with E-state index < -0.39 is 11.7 Å². The van der Waals surface area contributed by atoms with Crippen molar-refractivity contribution in [1.82, 2.24) is 0 Å². The normalized spacial score (nSPS) is 11.0. The summed E-state index contributed by atoms with van der Waals surface area (Å²) in [5.74, 6) is -0.829. The quantitative estimate of drug-likeness (QED) is 0.272. The van der Waals surface area contributed by atoms with Crippen molar-refractivity contribution in [1.29, 1.82) is 5.26 Å². The predicted molar refractivity (Wildman–Crippen MR) is 118 cm³/mol. The number of benzene rings is 3. The lowest BCUT2D eigenvalue weighted by molar-refractivity contribution is -0.112. The Bertz CT molecular complexity index is 1190. The Morgan fingerprint density at radius 2 is 1.90 bits per heavy atom. The van der Waals surface area contributed by atoms with Crippen LogP contribution in [0, 0.1) is 17.1 Å². The van der Waals surface area contributed by atoms with Crippen LogP contribution in [0.2, 0.25) is 10.0 Å². The number of halogens is 3. The van der Waals surface area contributed by atoms with Crippen molar-refractivity contribution in [2.24, 2.45) is 0 Å². The van der Waals surface area contributed by atoms with E-state index in [1.807, 2.05) is 6.07 Å². The Balaban J connectivity index is 1.88. The highest BCUT2D eigenvalue weighted by atomic mass is 35.5. The van der Waals surface area contributed by atoms with Crippen molar-refractivity contribution >= 4 is 40.9 Å². The third kappa shape index (κ3) is 5.98. The van der Waals surface area contributed by atoms with Gasteiger partial charge in [0.1, 0.15) is 35.6 Å². The molecule has 0 aliphatic heterocycles. The van der Waals surface area contributed by atoms with Crippen LogP contribution in [-0.2, 0) is 11.4 Å². The number of hydrogen-bond acceptors (Lipinski definition) is 4. The highest BCUT2D eigenvalue weighted by molar-refractivity contribution is 6.36. The highest BCUT2D eigenvalue weighted by Crippen LogP contribution is 2.34. The van der Waals surface area contributed by atoms with Crippen LogP contribution >= 0.6 is 23.2 Å². The number of aromatic hydroxyl groups is 1. The van der Waals surface area contributed by atoms with Gasteiger partial charge in [-0.25, -0.2) is 4.39 Å². The minimum absolute atomic E-state index is 0.0154. The van der Waals surface area contributed by atoms with Crippen molar-refractivity contribution < 1.29 is 19.0 Å². The van der Waals surface area contributed by atoms with E-state index in [9.17, 15) is 19.6 Å². The van der Waals surface area contributed by atoms with Gasteiger partial charge in [0.05, 0.1) is 5.02 Å². The summed E-state index contributed by atoms with van der Waals surface area (Å²) in [5, 5.41) is 21.8. The predicted octanol–water partition coefficient (Wildman–Crippen LogP) is 5.96. The number of nitrogens with one attached hydrogen (secondary N) is 1. The molecule has 0 radical (unpaired) electrons. The lowest BCUT2D eigenvalue weighted by atomic mass is 10.1. The van der Waals surface area contributed by atoms with Crippen LogP contribution in [0.1, 0.15) is 11.1 Å². The SMILES string of the molecule is N#C/C(=C\c1cc(Cl)cc(Cl)c1OCc1cccc(F)c1)C(=O)Nc1ccc(O)cc1. The maximum Gasteiger partial charge on any atom is 0.266 e. The molecule has 0 aliphatic carbocycles. The number of ether oxygens (including phenoxy) is 1. The Hall–Kier alpha value is -3.53. The second kappa shape index (κ2) is 9.98. The summed E-state index contributed by atoms with van der Waals surface area (Å²) in [4.78, 5) is 12.5. The van der Waals surface area contributed by atoms with Crippen LogP contribution in [0.25, 0.3) is 6.08 Å². The van der Waals surface area contributed by atoms with Crippen molar-refractivity contribution in [3.63, 3.8) is 0 Å². The van der Waals surface area contributed by atoms with E-state index in [0.717, 1.165) is 0 Å². The smallest absolute Gasteiger partial charge is 0.266 e. The number of carbonyl (C=O) groups is 1. The Morgan fingerprint density at radius 3 is 2.58 bits per heavy atom. The van der Waals surface area contributed by atoms with Gasteiger partial charge < -0.3 is 15.2 Å². The molecule has 8 heteroatoms. The molecule has 0 spiro atoms. The van der Waals surface area contributed by atoms with Crippen LogP contribution < -0.4 is 10.1 Å². The standard InChI is InChI=1S/C23H15Cl2FN2O3/c24-17-10-15(9-16(12-27)23(30)28-19-4-6-20(29)7-5-19)22(21(25)11-17)31-13-14-2-1-3-18(26)8-14/h1-11,29H,13H2,(H,28,30)/b16-9+. The van der Waals surface area contributed by atoms with Crippen molar-refractivity contribution in [3.05, 3.63) is 93.2 Å². The molecule has 156 valence electrons. The number of anilines is 1. The molecule has 1 amide bonds. The molecule has 2 N–H and O–H groups in total. The fourth-order valence-electron chi connectivity index (χ4n) is 2.67. The van der Waals surface area contributed by atoms with Crippen molar-refractivity contribution in [3.8, 4) is 17.6 Å². The topological polar surface area (TPSA) is 82.3 Å². The molecule has 3 aromatic rings. The lowest BCUT2D eigenvalue weighted by Gasteiger charge is -2.13. The fourth-order valence-corrected chi connectivity index (χ4v) is 3.23. The van der Waals surface area contributed by atoms with Crippen LogP contribution in [0.4, 0.5) is 10.1 Å². The van der Waals surface area contributed by atoms with E-state index in [0.29, 0.717) is 16.8 Å². The first-order valence-electron chi connectivity index (χ1n) is 8.94. The molecule has 0 saturated carbocycles. The van der Waals surface area contributed by atoms with Gasteiger partial charge in [0.15, 0.2) is 0 Å². The van der Waals surface area contributed by atoms with Gasteiger partial charge in [-0.15, -0.1) is 0 Å². The second-order valence-electron chi connectivity index (χ2n) is 6.40. The summed E-state index contributed by atoms with van der Waals surface area (Å²) in [6.07, 6.45) is 1.30. The zero-order valence-corrected chi connectivity index (χ0v) is 17.4. The number of nitrogens with zero attached hydrogens (tertiary/aromatic N) is 1. The summed E-state index contributed by atoms with van der Waals surface area (Å²) < 4.78 is 19.2. The monoisotopic (exact) mass is 456 g/mol. The molecular weight excluding hydrogens is 442 g/mol. The van der Waals surface area contributed by atoms with Crippen LogP contribution in [0.5, 0.6) is 11.5 Å². The number of carbonyl (C=O) groups excluding carboxylic acids is 1. The van der Waals surface area contributed by atoms with Crippen LogP contribution in [-0.4, -0.2) is 11.0 Å². The zero-order chi connectivity index (χ0) is 22.4. The van der Waals surface area contributed by atoms with E-state index >= 15 is 0 Å². The second-order valence-corrected chi connectivity index (χ2v) is 7.24. The van der Waals surface area contributed by atoms with E-state index in [1.165, 1.54) is 54.6 Å². The highest BCUT2D eigenvalue weighted by Gasteiger charge is 2.15. The first kappa shape index (κ1) is 22.2. The number of phenols is 1. The maximum absolute atomic E-state index is 13.4. The molecule has 3 rings (SSSR count). The molecule has 3 aromatic carbocycles. The number of phenolic OH excluding ortho intramolecular Hbond substituents is 1. The minimum atomic E-state index is -0.666. The first-order valence-corrected chi connectivity index (χ1v) is 9.70. The Morgan fingerprint density at radius 1 is 1.16 bits per heavy atom. The van der Waals surface area contributed by atoms with Gasteiger partial charge in [-0.1, -0.05) is 35.3 Å². The molecule has 0 aromatic heterocycles. The molecule has 5 nitrogen and oxygen atoms in total. The van der Waals surface area contributed by atoms with Crippen molar-refractivity contribution in [2.45, 2.75) is 6.61 Å². The number of hydrogen-bond donors (Lipinski definition) is 2. The summed E-state index contributed by atoms with van der Waals surface area (Å²) in [6.45, 7) is 0.0154. The number of amides is 1. The van der Waals surface area contributed by atoms with E-state index in [-0.39, 0.29) is 33.7 Å². The third-order valence-electron chi connectivity index (χ3n) is 4.10. The maximum atomic E-state index is 13.4. The summed E-state index contributed by atoms with van der Waals surface area (Å²) in [6, 6.07) is 16.5. The van der Waals surface area contributed by atoms with Crippen LogP contribution in [0.15, 0.2) is 66.2 Å². The van der Waals surface area contributed by atoms with Gasteiger partial charge in [-0.05, 0) is 60.2 Å². The fraction of sp³-hybridized carbons (Fsp3) is 0.0435. The van der Waals surface area contributed by atoms with Gasteiger partial charge in [0, 0.05) is 16.3 Å². The molecule has 0 aliphatic rings. The molecule has 0 atom stereocenters. The first-order chi connectivity index (χ1) is 14.9. The Kier molecular flexibility index (Phi) is 7.14. The summed E-state index contributed by atoms with van der Waals surface area (Å²) in [5.41, 5.74) is 1.07. The molecule has 0 fully saturated rings. The van der Waals surface area contributed by atoms with Gasteiger partial charge >= 0.3 is 0 Å². The minimum Gasteiger partial charge on any atom is -0.508 e. The molecule has 31 heavy (non-hydrogen) atoms. The average molecular weight is 457 g/mol. The largest absolute Gasteiger partial charge is 0.508 e. The average Bonchev–Trinajstić information content (AvgIpc) is 2.72. The molecule has 0 bridgehead atoms. The van der Waals surface area contributed by atoms with E-state index in [2.05, 4.69) is 5.32 Å². The number of rotatable bonds is 6. The van der Waals surface area contributed by atoms with E-state index in [1.54, 1.807) is 12.1 Å². The Labute approximate surface area is 187 Å². The van der Waals surface area contributed by atoms with Gasteiger partial charge in [0.25, 0.3) is 5.91 Å². The molecule has 0 saturated heterocycles. The molecular formula is C23H15Cl2FN2O3. The molecule has 0 heterocycles. The summed E-state index contributed by atoms with van der Waals surface area (Å²) in [7, 11) is 0. The number of nitriles is 1. The third-order valence-corrected chi connectivity index (χ3v) is 4.60.